The van der Waals surface area contributed by atoms with Gasteiger partial charge in [0.1, 0.15) is 91.6 Å². The highest BCUT2D eigenvalue weighted by molar-refractivity contribution is 5.26. The molecule has 30 atom stereocenters. The maximum Gasteiger partial charge on any atom is 0.187 e. The van der Waals surface area contributed by atoms with Crippen LogP contribution in [0.25, 0.3) is 0 Å². The van der Waals surface area contributed by atoms with Gasteiger partial charge in [0.25, 0.3) is 0 Å². The maximum atomic E-state index is 12.1. The molecule has 23 nitrogen and oxygen atoms in total. The van der Waals surface area contributed by atoms with Gasteiger partial charge in [-0.25, -0.2) is 0 Å². The Kier molecular flexibility index (Phi) is 17.2. The number of aliphatic hydroxyl groups excluding tert-OH is 13. The highest BCUT2D eigenvalue weighted by Crippen LogP contribution is 2.70. The fourth-order valence-corrected chi connectivity index (χ4v) is 14.8. The zero-order chi connectivity index (χ0) is 53.5. The van der Waals surface area contributed by atoms with Gasteiger partial charge >= 0.3 is 0 Å². The molecule has 5 heterocycles. The van der Waals surface area contributed by atoms with Crippen molar-refractivity contribution in [3.8, 4) is 0 Å². The molecule has 0 aromatic heterocycles. The summed E-state index contributed by atoms with van der Waals surface area (Å²) in [5, 5.41) is 148. The van der Waals surface area contributed by atoms with E-state index in [2.05, 4.69) is 33.4 Å². The largest absolute Gasteiger partial charge is 0.394 e. The van der Waals surface area contributed by atoms with Gasteiger partial charge in [-0.05, 0) is 92.8 Å². The Morgan fingerprint density at radius 2 is 1.23 bits per heavy atom. The second-order valence-corrected chi connectivity index (χ2v) is 23.4. The molecule has 9 aliphatic rings. The SMILES string of the molecule is C=C(CC[C@@]1(O)OC2CC3C4CC=C5C[C@@H](O[C@@H]6O[C@H](CO)[C@@H](O[C@@H]7O[C@H](CO)[C@@H](O)[C@H](O)[C@H]7O)[C@H](O)[C@H]6O[C@@H]6O[C@@H](C)[C@H](O)[C@@H](O)[C@H]6O)CC[C@]5(C)C4CC[C@]3(C)C2C1C)CO[C@@H]1O[C@H](CO)[C@@H](O)[C@H](O)[C@H]1O. The minimum Gasteiger partial charge on any atom is -0.394 e. The predicted molar refractivity (Wildman–Crippen MR) is 250 cm³/mol. The molecule has 74 heavy (non-hydrogen) atoms. The van der Waals surface area contributed by atoms with Crippen molar-refractivity contribution in [2.24, 2.45) is 40.4 Å². The quantitative estimate of drug-likeness (QED) is 0.0723. The van der Waals surface area contributed by atoms with Crippen LogP contribution in [0.2, 0.25) is 0 Å². The van der Waals surface area contributed by atoms with E-state index in [0.29, 0.717) is 42.6 Å². The number of rotatable bonds is 15. The van der Waals surface area contributed by atoms with Crippen LogP contribution in [-0.4, -0.2) is 239 Å². The summed E-state index contributed by atoms with van der Waals surface area (Å²) in [6, 6.07) is 0. The number of aliphatic hydroxyl groups is 14. The van der Waals surface area contributed by atoms with E-state index in [1.807, 2.05) is 0 Å². The Labute approximate surface area is 430 Å². The van der Waals surface area contributed by atoms with Crippen molar-refractivity contribution in [3.05, 3.63) is 23.8 Å². The molecule has 5 saturated heterocycles. The summed E-state index contributed by atoms with van der Waals surface area (Å²) < 4.78 is 54.2. The molecule has 0 bridgehead atoms. The van der Waals surface area contributed by atoms with E-state index >= 15 is 0 Å². The third-order valence-corrected chi connectivity index (χ3v) is 19.2. The van der Waals surface area contributed by atoms with Gasteiger partial charge < -0.3 is 114 Å². The van der Waals surface area contributed by atoms with Crippen molar-refractivity contribution < 1.29 is 114 Å². The minimum absolute atomic E-state index is 0.0495. The van der Waals surface area contributed by atoms with Gasteiger partial charge in [-0.15, -0.1) is 0 Å². The van der Waals surface area contributed by atoms with E-state index in [0.717, 1.165) is 32.1 Å². The molecule has 424 valence electrons. The van der Waals surface area contributed by atoms with E-state index in [4.69, 9.17) is 42.6 Å². The van der Waals surface area contributed by atoms with Crippen LogP contribution < -0.4 is 0 Å². The average molecular weight is 1060 g/mol. The summed E-state index contributed by atoms with van der Waals surface area (Å²) in [6.07, 6.45) is -22.8. The number of hydrogen-bond acceptors (Lipinski definition) is 23. The number of ether oxygens (including phenoxy) is 9. The van der Waals surface area contributed by atoms with E-state index in [-0.39, 0.29) is 41.8 Å². The van der Waals surface area contributed by atoms with Crippen molar-refractivity contribution in [1.82, 2.24) is 0 Å². The van der Waals surface area contributed by atoms with Crippen molar-refractivity contribution in [1.29, 1.82) is 0 Å². The first-order valence-corrected chi connectivity index (χ1v) is 26.6. The van der Waals surface area contributed by atoms with Crippen LogP contribution in [0.1, 0.15) is 85.5 Å². The Morgan fingerprint density at radius 1 is 0.649 bits per heavy atom. The van der Waals surface area contributed by atoms with Crippen molar-refractivity contribution in [3.63, 3.8) is 0 Å². The van der Waals surface area contributed by atoms with Crippen molar-refractivity contribution in [2.45, 2.75) is 226 Å². The second-order valence-electron chi connectivity index (χ2n) is 23.4. The summed E-state index contributed by atoms with van der Waals surface area (Å²) >= 11 is 0. The Bertz CT molecular complexity index is 1960. The van der Waals surface area contributed by atoms with Crippen LogP contribution in [0.3, 0.4) is 0 Å². The maximum absolute atomic E-state index is 12.1. The standard InChI is InChI=1S/C51H82O23/c1-20(19-66-45-39(61)37(59)34(56)29(16-52)69-45)8-13-51(65)21(2)32-28(74-51)15-27-25-7-6-23-14-24(9-11-49(23,4)26(25)10-12-50(27,32)5)68-48-44(73-46-40(62)36(58)33(55)22(3)67-46)42(64)43(31(18-54)71-48)72-47-41(63)38(60)35(57)30(17-53)70-47/h6,21-22,24-48,52-65H,1,7-19H2,2-5H3/t21?,22-,24-,25?,26?,27?,28?,29+,30+,31+,32?,33-,34+,35+,36+,37-,38-,39+,40+,41+,42-,43+,44+,45+,46-,47-,48+,49-,50-,51+/m0/s1. The van der Waals surface area contributed by atoms with E-state index in [1.54, 1.807) is 0 Å². The smallest absolute Gasteiger partial charge is 0.187 e. The molecule has 14 N–H and O–H groups in total. The molecule has 0 spiro atoms. The first kappa shape index (κ1) is 57.3. The molecular formula is C51H82O23. The molecule has 9 rings (SSSR count). The van der Waals surface area contributed by atoms with Crippen LogP contribution in [0, 0.1) is 40.4 Å². The lowest BCUT2D eigenvalue weighted by atomic mass is 9.47. The topological polar surface area (TPSA) is 366 Å². The van der Waals surface area contributed by atoms with Crippen molar-refractivity contribution >= 4 is 0 Å². The van der Waals surface area contributed by atoms with Gasteiger partial charge in [0.05, 0.1) is 44.7 Å². The molecule has 3 saturated carbocycles. The summed E-state index contributed by atoms with van der Waals surface area (Å²) in [5.41, 5.74) is 1.59. The van der Waals surface area contributed by atoms with Gasteiger partial charge in [0.15, 0.2) is 30.9 Å². The summed E-state index contributed by atoms with van der Waals surface area (Å²) in [5.74, 6) is -0.401. The lowest BCUT2D eigenvalue weighted by Gasteiger charge is -2.58. The van der Waals surface area contributed by atoms with Crippen LogP contribution in [0.4, 0.5) is 0 Å². The molecule has 0 amide bonds. The molecule has 0 aromatic rings. The molecule has 4 aliphatic carbocycles. The third kappa shape index (κ3) is 10.1. The molecule has 5 aliphatic heterocycles. The van der Waals surface area contributed by atoms with Gasteiger partial charge in [-0.3, -0.25) is 0 Å². The second kappa shape index (κ2) is 22.2. The fraction of sp³-hybridized carbons (Fsp3) is 0.922. The first-order chi connectivity index (χ1) is 35.0. The van der Waals surface area contributed by atoms with Crippen LogP contribution >= 0.6 is 0 Å². The van der Waals surface area contributed by atoms with Crippen molar-refractivity contribution in [2.75, 3.05) is 26.4 Å². The highest BCUT2D eigenvalue weighted by atomic mass is 16.8. The molecule has 8 fully saturated rings. The monoisotopic (exact) mass is 1060 g/mol. The lowest BCUT2D eigenvalue weighted by molar-refractivity contribution is -0.389. The Hall–Kier alpha value is -1.44. The average Bonchev–Trinajstić information content (AvgIpc) is 3.82. The van der Waals surface area contributed by atoms with Crippen LogP contribution in [-0.2, 0) is 42.6 Å². The summed E-state index contributed by atoms with van der Waals surface area (Å²) in [4.78, 5) is 0. The summed E-state index contributed by atoms with van der Waals surface area (Å²) in [7, 11) is 0. The first-order valence-electron chi connectivity index (χ1n) is 26.6. The fourth-order valence-electron chi connectivity index (χ4n) is 14.8. The molecule has 6 unspecified atom stereocenters. The molecular weight excluding hydrogens is 981 g/mol. The van der Waals surface area contributed by atoms with Gasteiger partial charge in [-0.1, -0.05) is 44.6 Å². The van der Waals surface area contributed by atoms with E-state index in [9.17, 15) is 71.5 Å². The van der Waals surface area contributed by atoms with E-state index < -0.39 is 155 Å². The molecule has 0 radical (unpaired) electrons. The minimum atomic E-state index is -1.86. The highest BCUT2D eigenvalue weighted by Gasteiger charge is 2.68. The molecule has 0 aromatic carbocycles. The predicted octanol–water partition coefficient (Wildman–Crippen LogP) is -3.09. The zero-order valence-corrected chi connectivity index (χ0v) is 42.5. The summed E-state index contributed by atoms with van der Waals surface area (Å²) in [6.45, 7) is 10.2. The Balaban J connectivity index is 0.849. The van der Waals surface area contributed by atoms with Crippen LogP contribution in [0.15, 0.2) is 23.8 Å². The van der Waals surface area contributed by atoms with E-state index in [1.165, 1.54) is 12.5 Å². The lowest BCUT2D eigenvalue weighted by Crippen LogP contribution is -2.67. The number of allylic oxidation sites excluding steroid dienone is 1. The normalized spacial score (nSPS) is 54.4. The zero-order valence-electron chi connectivity index (χ0n) is 42.5. The van der Waals surface area contributed by atoms with Crippen LogP contribution in [0.5, 0.6) is 0 Å². The van der Waals surface area contributed by atoms with Gasteiger partial charge in [0.2, 0.25) is 0 Å². The molecule has 23 heteroatoms. The van der Waals surface area contributed by atoms with Gasteiger partial charge in [0, 0.05) is 12.3 Å². The number of fused-ring (bicyclic) bond motifs is 7. The number of hydrogen-bond donors (Lipinski definition) is 14. The van der Waals surface area contributed by atoms with Gasteiger partial charge in [-0.2, -0.15) is 0 Å². The third-order valence-electron chi connectivity index (χ3n) is 19.2. The Morgan fingerprint density at radius 3 is 1.88 bits per heavy atom.